The van der Waals surface area contributed by atoms with E-state index in [2.05, 4.69) is 5.32 Å². The number of carbonyl (C=O) groups is 2. The van der Waals surface area contributed by atoms with Gasteiger partial charge in [0.1, 0.15) is 0 Å². The molecule has 1 aromatic rings. The van der Waals surface area contributed by atoms with Gasteiger partial charge in [-0.15, -0.1) is 0 Å². The summed E-state index contributed by atoms with van der Waals surface area (Å²) in [6.07, 6.45) is 6.66. The van der Waals surface area contributed by atoms with Crippen LogP contribution in [0.3, 0.4) is 0 Å². The molecule has 6 heteroatoms. The van der Waals surface area contributed by atoms with Crippen molar-refractivity contribution in [3.05, 3.63) is 18.2 Å². The Morgan fingerprint density at radius 3 is 2.38 bits per heavy atom. The molecular formula is C20H23NO5. The van der Waals surface area contributed by atoms with Crippen molar-refractivity contribution in [3.63, 3.8) is 0 Å². The number of amides is 1. The molecule has 0 saturated heterocycles. The van der Waals surface area contributed by atoms with E-state index in [0.29, 0.717) is 34.9 Å². The zero-order valence-electron chi connectivity index (χ0n) is 14.7. The number of nitrogens with one attached hydrogen (secondary N) is 1. The smallest absolute Gasteiger partial charge is 0.312 e. The van der Waals surface area contributed by atoms with Gasteiger partial charge in [-0.1, -0.05) is 0 Å². The molecule has 0 unspecified atom stereocenters. The van der Waals surface area contributed by atoms with Crippen LogP contribution in [0.1, 0.15) is 38.5 Å². The van der Waals surface area contributed by atoms with Crippen molar-refractivity contribution in [1.29, 1.82) is 0 Å². The number of carbonyl (C=O) groups excluding carboxylic acids is 2. The Bertz CT molecular complexity index is 723. The van der Waals surface area contributed by atoms with Gasteiger partial charge in [0.05, 0.1) is 5.41 Å². The van der Waals surface area contributed by atoms with Crippen LogP contribution in [-0.2, 0) is 14.3 Å². The highest BCUT2D eigenvalue weighted by Crippen LogP contribution is 2.60. The number of fused-ring (bicyclic) bond motifs is 1. The summed E-state index contributed by atoms with van der Waals surface area (Å²) in [5.41, 5.74) is 0.276. The Balaban J connectivity index is 1.18. The predicted molar refractivity (Wildman–Crippen MR) is 92.8 cm³/mol. The zero-order chi connectivity index (χ0) is 17.7. The normalized spacial score (nSPS) is 33.2. The van der Waals surface area contributed by atoms with Crippen LogP contribution in [0.4, 0.5) is 5.69 Å². The number of esters is 1. The zero-order valence-corrected chi connectivity index (χ0v) is 14.7. The molecule has 0 aromatic heterocycles. The maximum absolute atomic E-state index is 12.8. The molecule has 1 amide bonds. The van der Waals surface area contributed by atoms with Crippen LogP contribution in [0.25, 0.3) is 0 Å². The van der Waals surface area contributed by atoms with E-state index in [0.717, 1.165) is 19.3 Å². The van der Waals surface area contributed by atoms with Crippen LogP contribution in [0.2, 0.25) is 0 Å². The Hall–Kier alpha value is -2.24. The number of hydrogen-bond donors (Lipinski definition) is 1. The average Bonchev–Trinajstić information content (AvgIpc) is 3.06. The van der Waals surface area contributed by atoms with Crippen LogP contribution in [0.5, 0.6) is 11.5 Å². The first-order valence-corrected chi connectivity index (χ1v) is 9.46. The molecule has 1 aromatic carbocycles. The standard InChI is InChI=1S/C20H23NO5/c22-18(21-15-1-2-16-17(6-15)26-11-25-16)10-24-19(23)20-7-12-3-13(8-20)5-14(4-12)9-20/h1-2,6,12-14H,3-5,7-11H2,(H,21,22). The maximum Gasteiger partial charge on any atom is 0.312 e. The van der Waals surface area contributed by atoms with Gasteiger partial charge in [-0.2, -0.15) is 0 Å². The van der Waals surface area contributed by atoms with Gasteiger partial charge < -0.3 is 19.5 Å². The van der Waals surface area contributed by atoms with E-state index in [1.807, 2.05) is 0 Å². The molecule has 1 aliphatic heterocycles. The fraction of sp³-hybridized carbons (Fsp3) is 0.600. The van der Waals surface area contributed by atoms with Crippen LogP contribution in [0.15, 0.2) is 18.2 Å². The third-order valence-corrected chi connectivity index (χ3v) is 6.46. The van der Waals surface area contributed by atoms with E-state index < -0.39 is 0 Å². The summed E-state index contributed by atoms with van der Waals surface area (Å²) < 4.78 is 16.0. The number of hydrogen-bond acceptors (Lipinski definition) is 5. The van der Waals surface area contributed by atoms with Crippen molar-refractivity contribution in [3.8, 4) is 11.5 Å². The van der Waals surface area contributed by atoms with Gasteiger partial charge in [-0.3, -0.25) is 9.59 Å². The molecule has 1 heterocycles. The molecule has 5 aliphatic rings. The van der Waals surface area contributed by atoms with Gasteiger partial charge >= 0.3 is 5.97 Å². The number of anilines is 1. The lowest BCUT2D eigenvalue weighted by molar-refractivity contribution is -0.172. The Kier molecular flexibility index (Phi) is 3.62. The molecule has 4 fully saturated rings. The first kappa shape index (κ1) is 16.0. The summed E-state index contributed by atoms with van der Waals surface area (Å²) in [5.74, 6) is 2.80. The van der Waals surface area contributed by atoms with E-state index in [1.54, 1.807) is 18.2 Å². The van der Waals surface area contributed by atoms with Crippen molar-refractivity contribution in [1.82, 2.24) is 0 Å². The summed E-state index contributed by atoms with van der Waals surface area (Å²) in [6, 6.07) is 5.20. The largest absolute Gasteiger partial charge is 0.455 e. The van der Waals surface area contributed by atoms with Crippen molar-refractivity contribution >= 4 is 17.6 Å². The summed E-state index contributed by atoms with van der Waals surface area (Å²) in [4.78, 5) is 25.0. The second-order valence-electron chi connectivity index (χ2n) is 8.39. The highest BCUT2D eigenvalue weighted by molar-refractivity contribution is 5.93. The summed E-state index contributed by atoms with van der Waals surface area (Å²) in [7, 11) is 0. The Morgan fingerprint density at radius 1 is 1.04 bits per heavy atom. The molecule has 4 aliphatic carbocycles. The summed E-state index contributed by atoms with van der Waals surface area (Å²) in [6.45, 7) is -0.0512. The fourth-order valence-electron chi connectivity index (χ4n) is 5.82. The minimum Gasteiger partial charge on any atom is -0.455 e. The quantitative estimate of drug-likeness (QED) is 0.838. The molecule has 26 heavy (non-hydrogen) atoms. The summed E-state index contributed by atoms with van der Waals surface area (Å²) in [5, 5.41) is 2.75. The monoisotopic (exact) mass is 357 g/mol. The third kappa shape index (κ3) is 2.72. The first-order chi connectivity index (χ1) is 12.6. The highest BCUT2D eigenvalue weighted by atomic mass is 16.7. The van der Waals surface area contributed by atoms with Crippen molar-refractivity contribution in [2.24, 2.45) is 23.2 Å². The lowest BCUT2D eigenvalue weighted by Crippen LogP contribution is -2.50. The molecule has 4 bridgehead atoms. The first-order valence-electron chi connectivity index (χ1n) is 9.46. The van der Waals surface area contributed by atoms with Crippen molar-refractivity contribution in [2.45, 2.75) is 38.5 Å². The van der Waals surface area contributed by atoms with Gasteiger partial charge in [0, 0.05) is 11.8 Å². The molecule has 0 atom stereocenters. The van der Waals surface area contributed by atoms with Gasteiger partial charge in [0.2, 0.25) is 6.79 Å². The SMILES string of the molecule is O=C(COC(=O)C12CC3CC(CC(C3)C1)C2)Nc1ccc2c(c1)OCO2. The minimum absolute atomic E-state index is 0.169. The maximum atomic E-state index is 12.8. The molecular weight excluding hydrogens is 334 g/mol. The van der Waals surface area contributed by atoms with Gasteiger partial charge in [0.25, 0.3) is 5.91 Å². The molecule has 4 saturated carbocycles. The summed E-state index contributed by atoms with van der Waals surface area (Å²) >= 11 is 0. The molecule has 1 N–H and O–H groups in total. The van der Waals surface area contributed by atoms with E-state index >= 15 is 0 Å². The van der Waals surface area contributed by atoms with Crippen LogP contribution in [0, 0.1) is 23.2 Å². The predicted octanol–water partition coefficient (Wildman–Crippen LogP) is 3.11. The Labute approximate surface area is 152 Å². The molecule has 6 nitrogen and oxygen atoms in total. The fourth-order valence-corrected chi connectivity index (χ4v) is 5.82. The van der Waals surface area contributed by atoms with Crippen LogP contribution >= 0.6 is 0 Å². The number of rotatable bonds is 4. The molecule has 6 rings (SSSR count). The van der Waals surface area contributed by atoms with E-state index in [1.165, 1.54) is 19.3 Å². The number of benzene rings is 1. The lowest BCUT2D eigenvalue weighted by atomic mass is 9.49. The van der Waals surface area contributed by atoms with Gasteiger partial charge in [0.15, 0.2) is 18.1 Å². The van der Waals surface area contributed by atoms with E-state index in [4.69, 9.17) is 14.2 Å². The Morgan fingerprint density at radius 2 is 1.69 bits per heavy atom. The van der Waals surface area contributed by atoms with Crippen LogP contribution in [-0.4, -0.2) is 25.3 Å². The molecule has 0 spiro atoms. The lowest BCUT2D eigenvalue weighted by Gasteiger charge is -2.55. The van der Waals surface area contributed by atoms with Crippen molar-refractivity contribution < 1.29 is 23.8 Å². The second kappa shape index (κ2) is 5.89. The second-order valence-corrected chi connectivity index (χ2v) is 8.39. The van der Waals surface area contributed by atoms with Crippen LogP contribution < -0.4 is 14.8 Å². The molecule has 138 valence electrons. The van der Waals surface area contributed by atoms with E-state index in [9.17, 15) is 9.59 Å². The minimum atomic E-state index is -0.332. The molecule has 0 radical (unpaired) electrons. The number of ether oxygens (including phenoxy) is 3. The third-order valence-electron chi connectivity index (χ3n) is 6.46. The topological polar surface area (TPSA) is 73.9 Å². The van der Waals surface area contributed by atoms with Gasteiger partial charge in [-0.25, -0.2) is 0 Å². The average molecular weight is 357 g/mol. The van der Waals surface area contributed by atoms with Crippen molar-refractivity contribution in [2.75, 3.05) is 18.7 Å². The highest BCUT2D eigenvalue weighted by Gasteiger charge is 2.55. The van der Waals surface area contributed by atoms with Gasteiger partial charge in [-0.05, 0) is 68.4 Å². The van der Waals surface area contributed by atoms with E-state index in [-0.39, 0.29) is 30.7 Å².